The van der Waals surface area contributed by atoms with E-state index in [4.69, 9.17) is 5.84 Å². The molecule has 0 aliphatic carbocycles. The lowest BCUT2D eigenvalue weighted by atomic mass is 9.95. The number of fused-ring (bicyclic) bond motifs is 2. The van der Waals surface area contributed by atoms with Crippen LogP contribution in [0.1, 0.15) is 19.3 Å². The van der Waals surface area contributed by atoms with Crippen molar-refractivity contribution in [2.45, 2.75) is 31.3 Å². The van der Waals surface area contributed by atoms with Crippen molar-refractivity contribution >= 4 is 0 Å². The molecule has 0 aromatic heterocycles. The average Bonchev–Trinajstić information content (AvgIpc) is 1.85. The summed E-state index contributed by atoms with van der Waals surface area (Å²) in [7, 11) is 0. The SMILES string of the molecule is NN1CC2CCCC(C1)N2. The highest BCUT2D eigenvalue weighted by Crippen LogP contribution is 2.17. The van der Waals surface area contributed by atoms with Crippen molar-refractivity contribution in [2.24, 2.45) is 5.84 Å². The Kier molecular flexibility index (Phi) is 1.64. The number of rotatable bonds is 0. The summed E-state index contributed by atoms with van der Waals surface area (Å²) in [6, 6.07) is 1.36. The summed E-state index contributed by atoms with van der Waals surface area (Å²) in [5.41, 5.74) is 0. The zero-order valence-electron chi connectivity index (χ0n) is 6.21. The quantitative estimate of drug-likeness (QED) is 0.454. The van der Waals surface area contributed by atoms with Gasteiger partial charge in [-0.3, -0.25) is 5.84 Å². The van der Waals surface area contributed by atoms with Crippen LogP contribution in [0.5, 0.6) is 0 Å². The van der Waals surface area contributed by atoms with Crippen LogP contribution in [0, 0.1) is 0 Å². The van der Waals surface area contributed by atoms with E-state index < -0.39 is 0 Å². The molecule has 2 rings (SSSR count). The standard InChI is InChI=1S/C7H15N3/c8-10-4-6-2-1-3-7(5-10)9-6/h6-7,9H,1-5,8H2. The third-order valence-corrected chi connectivity index (χ3v) is 2.49. The van der Waals surface area contributed by atoms with Crippen molar-refractivity contribution < 1.29 is 0 Å². The molecule has 0 radical (unpaired) electrons. The Morgan fingerprint density at radius 3 is 2.40 bits per heavy atom. The molecule has 0 spiro atoms. The van der Waals surface area contributed by atoms with Gasteiger partial charge in [0.25, 0.3) is 0 Å². The summed E-state index contributed by atoms with van der Waals surface area (Å²) in [5, 5.41) is 5.51. The van der Waals surface area contributed by atoms with E-state index in [2.05, 4.69) is 5.32 Å². The Balaban J connectivity index is 1.98. The van der Waals surface area contributed by atoms with E-state index in [1.54, 1.807) is 0 Å². The van der Waals surface area contributed by atoms with E-state index in [0.29, 0.717) is 12.1 Å². The Morgan fingerprint density at radius 1 is 1.20 bits per heavy atom. The molecule has 0 aromatic rings. The minimum absolute atomic E-state index is 0.678. The number of piperidine rings is 1. The first-order chi connectivity index (χ1) is 4.84. The van der Waals surface area contributed by atoms with Crippen LogP contribution in [-0.2, 0) is 0 Å². The highest BCUT2D eigenvalue weighted by Gasteiger charge is 2.27. The Bertz CT molecular complexity index is 110. The summed E-state index contributed by atoms with van der Waals surface area (Å²) in [6.45, 7) is 2.08. The first-order valence-corrected chi connectivity index (χ1v) is 4.10. The van der Waals surface area contributed by atoms with Crippen LogP contribution in [0.2, 0.25) is 0 Å². The molecule has 10 heavy (non-hydrogen) atoms. The first kappa shape index (κ1) is 6.58. The highest BCUT2D eigenvalue weighted by atomic mass is 15.4. The molecule has 0 aromatic carbocycles. The van der Waals surface area contributed by atoms with Gasteiger partial charge in [-0.05, 0) is 12.8 Å². The molecule has 2 saturated heterocycles. The van der Waals surface area contributed by atoms with Crippen LogP contribution in [0.4, 0.5) is 0 Å². The molecular formula is C7H15N3. The van der Waals surface area contributed by atoms with Gasteiger partial charge in [0.05, 0.1) is 0 Å². The maximum absolute atomic E-state index is 5.72. The van der Waals surface area contributed by atoms with Gasteiger partial charge < -0.3 is 5.32 Å². The van der Waals surface area contributed by atoms with E-state index in [-0.39, 0.29) is 0 Å². The second-order valence-electron chi connectivity index (χ2n) is 3.45. The van der Waals surface area contributed by atoms with Gasteiger partial charge in [0.1, 0.15) is 0 Å². The molecule has 0 amide bonds. The third kappa shape index (κ3) is 1.17. The predicted octanol–water partition coefficient (Wildman–Crippen LogP) is -0.314. The molecule has 3 nitrogen and oxygen atoms in total. The van der Waals surface area contributed by atoms with E-state index in [1.165, 1.54) is 19.3 Å². The van der Waals surface area contributed by atoms with E-state index in [0.717, 1.165) is 13.1 Å². The lowest BCUT2D eigenvalue weighted by molar-refractivity contribution is 0.127. The van der Waals surface area contributed by atoms with E-state index in [1.807, 2.05) is 5.01 Å². The van der Waals surface area contributed by atoms with Gasteiger partial charge in [0, 0.05) is 25.2 Å². The number of hydrazine groups is 1. The van der Waals surface area contributed by atoms with Gasteiger partial charge in [0.15, 0.2) is 0 Å². The number of hydrogen-bond acceptors (Lipinski definition) is 3. The summed E-state index contributed by atoms with van der Waals surface area (Å²) in [4.78, 5) is 0. The van der Waals surface area contributed by atoms with Crippen LogP contribution in [0.25, 0.3) is 0 Å². The van der Waals surface area contributed by atoms with Gasteiger partial charge >= 0.3 is 0 Å². The van der Waals surface area contributed by atoms with Crippen molar-refractivity contribution in [1.29, 1.82) is 0 Å². The molecule has 3 heteroatoms. The molecular weight excluding hydrogens is 126 g/mol. The number of nitrogens with one attached hydrogen (secondary N) is 1. The van der Waals surface area contributed by atoms with Crippen LogP contribution in [0.15, 0.2) is 0 Å². The van der Waals surface area contributed by atoms with Crippen molar-refractivity contribution in [2.75, 3.05) is 13.1 Å². The molecule has 0 saturated carbocycles. The van der Waals surface area contributed by atoms with Crippen LogP contribution in [0.3, 0.4) is 0 Å². The summed E-state index contributed by atoms with van der Waals surface area (Å²) in [5.74, 6) is 5.72. The Labute approximate surface area is 61.5 Å². The average molecular weight is 141 g/mol. The minimum atomic E-state index is 0.678. The third-order valence-electron chi connectivity index (χ3n) is 2.49. The van der Waals surface area contributed by atoms with Crippen LogP contribution in [-0.4, -0.2) is 30.2 Å². The zero-order chi connectivity index (χ0) is 6.97. The van der Waals surface area contributed by atoms with Gasteiger partial charge in [0.2, 0.25) is 0 Å². The molecule has 2 aliphatic heterocycles. The maximum Gasteiger partial charge on any atom is 0.0283 e. The molecule has 3 N–H and O–H groups in total. The van der Waals surface area contributed by atoms with Crippen LogP contribution >= 0.6 is 0 Å². The van der Waals surface area contributed by atoms with Crippen molar-refractivity contribution in [3.05, 3.63) is 0 Å². The van der Waals surface area contributed by atoms with Crippen molar-refractivity contribution in [3.8, 4) is 0 Å². The first-order valence-electron chi connectivity index (χ1n) is 4.10. The smallest absolute Gasteiger partial charge is 0.0283 e. The predicted molar refractivity (Wildman–Crippen MR) is 40.3 cm³/mol. The second-order valence-corrected chi connectivity index (χ2v) is 3.45. The summed E-state index contributed by atoms with van der Waals surface area (Å²) >= 11 is 0. The summed E-state index contributed by atoms with van der Waals surface area (Å²) < 4.78 is 0. The molecule has 2 aliphatic rings. The Hall–Kier alpha value is -0.120. The van der Waals surface area contributed by atoms with Gasteiger partial charge in [-0.25, -0.2) is 5.01 Å². The zero-order valence-corrected chi connectivity index (χ0v) is 6.21. The van der Waals surface area contributed by atoms with E-state index >= 15 is 0 Å². The monoisotopic (exact) mass is 141 g/mol. The van der Waals surface area contributed by atoms with Crippen molar-refractivity contribution in [1.82, 2.24) is 10.3 Å². The molecule has 2 bridgehead atoms. The van der Waals surface area contributed by atoms with Crippen molar-refractivity contribution in [3.63, 3.8) is 0 Å². The van der Waals surface area contributed by atoms with E-state index in [9.17, 15) is 0 Å². The fraction of sp³-hybridized carbons (Fsp3) is 1.00. The van der Waals surface area contributed by atoms with Gasteiger partial charge in [-0.15, -0.1) is 0 Å². The fourth-order valence-corrected chi connectivity index (χ4v) is 2.04. The summed E-state index contributed by atoms with van der Waals surface area (Å²) in [6.07, 6.45) is 4.00. The number of hydrogen-bond donors (Lipinski definition) is 2. The largest absolute Gasteiger partial charge is 0.309 e. The second kappa shape index (κ2) is 2.49. The number of piperazine rings is 1. The highest BCUT2D eigenvalue weighted by molar-refractivity contribution is 4.87. The molecule has 2 atom stereocenters. The lowest BCUT2D eigenvalue weighted by Crippen LogP contribution is -2.60. The molecule has 2 unspecified atom stereocenters. The topological polar surface area (TPSA) is 41.3 Å². The molecule has 2 fully saturated rings. The Morgan fingerprint density at radius 2 is 1.80 bits per heavy atom. The fourth-order valence-electron chi connectivity index (χ4n) is 2.04. The van der Waals surface area contributed by atoms with Gasteiger partial charge in [-0.1, -0.05) is 6.42 Å². The number of nitrogens with two attached hydrogens (primary N) is 1. The van der Waals surface area contributed by atoms with Crippen LogP contribution < -0.4 is 11.2 Å². The maximum atomic E-state index is 5.72. The lowest BCUT2D eigenvalue weighted by Gasteiger charge is -2.40. The van der Waals surface area contributed by atoms with Gasteiger partial charge in [-0.2, -0.15) is 0 Å². The minimum Gasteiger partial charge on any atom is -0.309 e. The molecule has 58 valence electrons. The normalized spacial score (nSPS) is 41.7. The molecule has 2 heterocycles. The number of nitrogens with zero attached hydrogens (tertiary/aromatic N) is 1.